The molecule has 9 nitrogen and oxygen atoms in total. The highest BCUT2D eigenvalue weighted by Crippen LogP contribution is 2.43. The topological polar surface area (TPSA) is 112 Å². The molecule has 254 valence electrons. The Hall–Kier alpha value is -5.06. The van der Waals surface area contributed by atoms with E-state index in [-0.39, 0.29) is 24.2 Å². The van der Waals surface area contributed by atoms with Gasteiger partial charge in [0.05, 0.1) is 30.3 Å². The van der Waals surface area contributed by atoms with Gasteiger partial charge in [-0.1, -0.05) is 6.07 Å². The number of methoxy groups -OCH3 is 1. The van der Waals surface area contributed by atoms with Crippen molar-refractivity contribution in [1.29, 1.82) is 0 Å². The van der Waals surface area contributed by atoms with Gasteiger partial charge in [-0.15, -0.1) is 0 Å². The van der Waals surface area contributed by atoms with E-state index in [0.29, 0.717) is 42.9 Å². The third kappa shape index (κ3) is 6.16. The van der Waals surface area contributed by atoms with Crippen molar-refractivity contribution in [3.8, 4) is 11.1 Å². The molecule has 1 unspecified atom stereocenters. The van der Waals surface area contributed by atoms with Crippen molar-refractivity contribution < 1.29 is 59.4 Å². The largest absolute Gasteiger partial charge is 0.509 e. The second-order valence-corrected chi connectivity index (χ2v) is 11.1. The molecular weight excluding hydrogens is 660 g/mol. The summed E-state index contributed by atoms with van der Waals surface area (Å²) in [5.74, 6) is -6.71. The number of carbonyl (C=O) groups excluding carboxylic acids is 3. The molecule has 17 heteroatoms. The summed E-state index contributed by atoms with van der Waals surface area (Å²) < 4.78 is 115. The number of aromatic nitrogens is 1. The van der Waals surface area contributed by atoms with E-state index in [0.717, 1.165) is 24.3 Å². The number of pyridine rings is 1. The van der Waals surface area contributed by atoms with Crippen LogP contribution in [0, 0.1) is 11.6 Å². The maximum absolute atomic E-state index is 15.1. The average molecular weight is 685 g/mol. The van der Waals surface area contributed by atoms with Gasteiger partial charge in [0.15, 0.2) is 0 Å². The van der Waals surface area contributed by atoms with E-state index in [1.165, 1.54) is 11.9 Å². The molecule has 48 heavy (non-hydrogen) atoms. The van der Waals surface area contributed by atoms with Crippen LogP contribution in [0.2, 0.25) is 0 Å². The number of hydrogen-bond acceptors (Lipinski definition) is 7. The molecule has 0 saturated carbocycles. The fraction of sp³-hybridized carbons (Fsp3) is 0.290. The molecule has 1 atom stereocenters. The van der Waals surface area contributed by atoms with Gasteiger partial charge in [-0.05, 0) is 56.2 Å². The minimum absolute atomic E-state index is 0.120. The molecule has 3 aromatic rings. The summed E-state index contributed by atoms with van der Waals surface area (Å²) in [6, 6.07) is 4.74. The molecule has 0 radical (unpaired) electrons. The quantitative estimate of drug-likeness (QED) is 0.175. The molecule has 2 N–H and O–H groups in total. The smallest absolute Gasteiger partial charge is 0.433 e. The summed E-state index contributed by atoms with van der Waals surface area (Å²) in [6.45, 7) is 0.793. The van der Waals surface area contributed by atoms with E-state index in [1.54, 1.807) is 0 Å². The second kappa shape index (κ2) is 12.2. The van der Waals surface area contributed by atoms with Crippen LogP contribution in [0.25, 0.3) is 11.1 Å². The van der Waals surface area contributed by atoms with Gasteiger partial charge >= 0.3 is 18.3 Å². The van der Waals surface area contributed by atoms with E-state index in [2.05, 4.69) is 15.0 Å². The van der Waals surface area contributed by atoms with Crippen molar-refractivity contribution in [2.24, 2.45) is 0 Å². The van der Waals surface area contributed by atoms with Gasteiger partial charge in [0.25, 0.3) is 11.8 Å². The number of nitrogens with zero attached hydrogens (tertiary/aromatic N) is 3. The molecule has 2 amide bonds. The molecule has 0 spiro atoms. The Kier molecular flexibility index (Phi) is 8.71. The van der Waals surface area contributed by atoms with Crippen LogP contribution < -0.4 is 5.32 Å². The number of anilines is 1. The zero-order valence-corrected chi connectivity index (χ0v) is 24.9. The van der Waals surface area contributed by atoms with E-state index >= 15 is 8.78 Å². The van der Waals surface area contributed by atoms with Gasteiger partial charge in [-0.2, -0.15) is 26.3 Å². The summed E-state index contributed by atoms with van der Waals surface area (Å²) in [5.41, 5.74) is -7.02. The van der Waals surface area contributed by atoms with Crippen molar-refractivity contribution in [2.75, 3.05) is 19.0 Å². The Morgan fingerprint density at radius 1 is 1.02 bits per heavy atom. The van der Waals surface area contributed by atoms with Crippen molar-refractivity contribution >= 4 is 23.5 Å². The number of aliphatic hydroxyl groups is 1. The third-order valence-electron chi connectivity index (χ3n) is 8.15. The van der Waals surface area contributed by atoms with Crippen LogP contribution in [0.3, 0.4) is 0 Å². The highest BCUT2D eigenvalue weighted by atomic mass is 19.4. The van der Waals surface area contributed by atoms with Gasteiger partial charge in [0.2, 0.25) is 0 Å². The van der Waals surface area contributed by atoms with Crippen LogP contribution in [0.15, 0.2) is 60.0 Å². The van der Waals surface area contributed by atoms with Crippen LogP contribution in [-0.4, -0.2) is 57.1 Å². The van der Waals surface area contributed by atoms with E-state index < -0.39 is 93.1 Å². The normalized spacial score (nSPS) is 18.6. The first-order chi connectivity index (χ1) is 22.4. The molecule has 2 aliphatic rings. The Bertz CT molecular complexity index is 1820. The van der Waals surface area contributed by atoms with Crippen LogP contribution in [0.1, 0.15) is 46.9 Å². The summed E-state index contributed by atoms with van der Waals surface area (Å²) >= 11 is 0. The fourth-order valence-corrected chi connectivity index (χ4v) is 5.66. The predicted molar refractivity (Wildman–Crippen MR) is 151 cm³/mol. The van der Waals surface area contributed by atoms with E-state index in [9.17, 15) is 45.8 Å². The van der Waals surface area contributed by atoms with Crippen LogP contribution in [0.4, 0.5) is 40.8 Å². The lowest BCUT2D eigenvalue weighted by molar-refractivity contribution is -0.160. The van der Waals surface area contributed by atoms with Gasteiger partial charge in [-0.3, -0.25) is 19.6 Å². The number of aliphatic hydroxyl groups excluding tert-OH is 1. The van der Waals surface area contributed by atoms with Gasteiger partial charge in [-0.25, -0.2) is 18.6 Å². The summed E-state index contributed by atoms with van der Waals surface area (Å²) in [5, 5.41) is 15.7. The van der Waals surface area contributed by atoms with Crippen molar-refractivity contribution in [1.82, 2.24) is 15.0 Å². The van der Waals surface area contributed by atoms with Crippen LogP contribution >= 0.6 is 0 Å². The zero-order chi connectivity index (χ0) is 35.3. The van der Waals surface area contributed by atoms with Gasteiger partial charge < -0.3 is 15.2 Å². The molecule has 1 aromatic heterocycles. The Morgan fingerprint density at radius 3 is 2.25 bits per heavy atom. The summed E-state index contributed by atoms with van der Waals surface area (Å²) in [6.07, 6.45) is -8.54. The molecule has 0 bridgehead atoms. The fourth-order valence-electron chi connectivity index (χ4n) is 5.66. The maximum atomic E-state index is 15.1. The summed E-state index contributed by atoms with van der Waals surface area (Å²) in [7, 11) is 1.01. The minimum atomic E-state index is -4.89. The average Bonchev–Trinajstić information content (AvgIpc) is 3.42. The Labute approximate surface area is 266 Å². The maximum Gasteiger partial charge on any atom is 0.433 e. The number of amides is 2. The lowest BCUT2D eigenvalue weighted by Gasteiger charge is -2.46. The zero-order valence-electron chi connectivity index (χ0n) is 24.9. The molecule has 0 aliphatic carbocycles. The number of benzene rings is 2. The Balaban J connectivity index is 1.54. The second-order valence-electron chi connectivity index (χ2n) is 11.1. The molecule has 1 saturated heterocycles. The lowest BCUT2D eigenvalue weighted by atomic mass is 9.90. The number of esters is 1. The highest BCUT2D eigenvalue weighted by molar-refractivity contribution is 6.24. The molecular formula is C31H24F8N4O5. The van der Waals surface area contributed by atoms with Crippen molar-refractivity contribution in [3.05, 3.63) is 94.0 Å². The number of ether oxygens (including phenoxy) is 1. The van der Waals surface area contributed by atoms with Crippen molar-refractivity contribution in [2.45, 2.75) is 44.2 Å². The number of carbonyl (C=O) groups is 3. The third-order valence-corrected chi connectivity index (χ3v) is 8.15. The number of hydrazine groups is 1. The molecule has 2 aliphatic heterocycles. The Morgan fingerprint density at radius 2 is 1.69 bits per heavy atom. The van der Waals surface area contributed by atoms with Crippen molar-refractivity contribution in [3.63, 3.8) is 0 Å². The van der Waals surface area contributed by atoms with E-state index in [1.807, 2.05) is 0 Å². The predicted octanol–water partition coefficient (Wildman–Crippen LogP) is 6.41. The van der Waals surface area contributed by atoms with E-state index in [4.69, 9.17) is 0 Å². The minimum Gasteiger partial charge on any atom is -0.509 e. The molecule has 3 heterocycles. The number of fused-ring (bicyclic) bond motifs is 1. The lowest BCUT2D eigenvalue weighted by Crippen LogP contribution is -2.60. The highest BCUT2D eigenvalue weighted by Gasteiger charge is 2.53. The first-order valence-corrected chi connectivity index (χ1v) is 14.0. The number of nitrogens with one attached hydrogen (secondary N) is 1. The standard InChI is InChI=1S/C31H24F8N4O5/c1-29-8-3-9-43(29)42(14-19-20(32)10-16(11-21(19)33)28(47)48-2)27(46)24(25(29)44)26(45)41-22-6-5-17(30(34,35)36)12-18(22)15-4-7-23(40-13-15)31(37,38)39/h4-7,10-13,44H,3,8-9,14H2,1-2H3,(H,41,45). The number of hydrogen-bond donors (Lipinski definition) is 2. The van der Waals surface area contributed by atoms with Gasteiger partial charge in [0, 0.05) is 35.1 Å². The molecule has 2 aromatic carbocycles. The SMILES string of the molecule is COC(=O)c1cc(F)c(CN2C(=O)C(C(=O)Nc3ccc(C(F)(F)F)cc3-c3ccc(C(F)(F)F)nc3)=C(O)C3(C)CCCN23)c(F)c1. The van der Waals surface area contributed by atoms with Crippen LogP contribution in [-0.2, 0) is 33.2 Å². The first-order valence-electron chi connectivity index (χ1n) is 14.0. The summed E-state index contributed by atoms with van der Waals surface area (Å²) in [4.78, 5) is 42.5. The number of rotatable bonds is 6. The molecule has 5 rings (SSSR count). The number of alkyl halides is 6. The monoisotopic (exact) mass is 684 g/mol. The van der Waals surface area contributed by atoms with Crippen LogP contribution in [0.5, 0.6) is 0 Å². The first kappa shape index (κ1) is 34.3. The molecule has 1 fully saturated rings. The number of halogens is 8. The van der Waals surface area contributed by atoms with Gasteiger partial charge in [0.1, 0.15) is 28.7 Å².